The van der Waals surface area contributed by atoms with Gasteiger partial charge in [-0.1, -0.05) is 6.07 Å². The van der Waals surface area contributed by atoms with Crippen molar-refractivity contribution in [1.29, 1.82) is 0 Å². The molecule has 0 radical (unpaired) electrons. The summed E-state index contributed by atoms with van der Waals surface area (Å²) in [5.41, 5.74) is 7.12. The molecule has 1 amide bonds. The highest BCUT2D eigenvalue weighted by Crippen LogP contribution is 2.33. The largest absolute Gasteiger partial charge is 0.354 e. The number of fused-ring (bicyclic) bond motifs is 1. The molecular weight excluding hydrogens is 240 g/mol. The SMILES string of the molecule is NCC(c1cccnc1)N1CCCC2C(=O)NCC21. The van der Waals surface area contributed by atoms with Crippen molar-refractivity contribution < 1.29 is 4.79 Å². The molecule has 3 heterocycles. The fraction of sp³-hybridized carbons (Fsp3) is 0.571. The first-order chi connectivity index (χ1) is 9.31. The van der Waals surface area contributed by atoms with Crippen molar-refractivity contribution in [3.05, 3.63) is 30.1 Å². The monoisotopic (exact) mass is 260 g/mol. The Labute approximate surface area is 113 Å². The van der Waals surface area contributed by atoms with Crippen LogP contribution in [0.1, 0.15) is 24.4 Å². The van der Waals surface area contributed by atoms with Crippen molar-refractivity contribution in [3.63, 3.8) is 0 Å². The summed E-state index contributed by atoms with van der Waals surface area (Å²) < 4.78 is 0. The van der Waals surface area contributed by atoms with Crippen LogP contribution in [0.5, 0.6) is 0 Å². The molecule has 2 fully saturated rings. The Bertz CT molecular complexity index is 450. The van der Waals surface area contributed by atoms with Crippen molar-refractivity contribution in [2.24, 2.45) is 11.7 Å². The topological polar surface area (TPSA) is 71.2 Å². The number of likely N-dealkylation sites (tertiary alicyclic amines) is 1. The molecule has 2 aliphatic rings. The highest BCUT2D eigenvalue weighted by atomic mass is 16.2. The third-order valence-electron chi connectivity index (χ3n) is 4.34. The zero-order valence-corrected chi connectivity index (χ0v) is 11.0. The lowest BCUT2D eigenvalue weighted by atomic mass is 9.89. The van der Waals surface area contributed by atoms with E-state index in [0.29, 0.717) is 6.54 Å². The first kappa shape index (κ1) is 12.6. The molecule has 2 aliphatic heterocycles. The average molecular weight is 260 g/mol. The van der Waals surface area contributed by atoms with Crippen LogP contribution in [0.3, 0.4) is 0 Å². The van der Waals surface area contributed by atoms with Crippen molar-refractivity contribution in [2.45, 2.75) is 24.9 Å². The summed E-state index contributed by atoms with van der Waals surface area (Å²) in [6, 6.07) is 4.46. The molecule has 0 bridgehead atoms. The molecule has 102 valence electrons. The van der Waals surface area contributed by atoms with Crippen LogP contribution in [0.2, 0.25) is 0 Å². The quantitative estimate of drug-likeness (QED) is 0.819. The molecule has 5 heteroatoms. The molecule has 0 aliphatic carbocycles. The number of nitrogens with zero attached hydrogens (tertiary/aromatic N) is 2. The van der Waals surface area contributed by atoms with Gasteiger partial charge in [-0.05, 0) is 31.0 Å². The lowest BCUT2D eigenvalue weighted by Crippen LogP contribution is -2.49. The number of piperidine rings is 1. The van der Waals surface area contributed by atoms with Crippen LogP contribution in [0.15, 0.2) is 24.5 Å². The van der Waals surface area contributed by atoms with Gasteiger partial charge >= 0.3 is 0 Å². The third kappa shape index (κ3) is 2.24. The van der Waals surface area contributed by atoms with Gasteiger partial charge in [0.25, 0.3) is 0 Å². The molecule has 5 nitrogen and oxygen atoms in total. The zero-order chi connectivity index (χ0) is 13.2. The molecule has 3 unspecified atom stereocenters. The Balaban J connectivity index is 1.85. The van der Waals surface area contributed by atoms with E-state index in [9.17, 15) is 4.79 Å². The van der Waals surface area contributed by atoms with Gasteiger partial charge in [-0.3, -0.25) is 14.7 Å². The molecule has 3 N–H and O–H groups in total. The number of aromatic nitrogens is 1. The molecule has 3 rings (SSSR count). The lowest BCUT2D eigenvalue weighted by Gasteiger charge is -2.41. The predicted molar refractivity (Wildman–Crippen MR) is 72.3 cm³/mol. The van der Waals surface area contributed by atoms with Gasteiger partial charge in [0.15, 0.2) is 0 Å². The number of rotatable bonds is 3. The molecule has 0 saturated carbocycles. The van der Waals surface area contributed by atoms with Crippen LogP contribution in [0, 0.1) is 5.92 Å². The summed E-state index contributed by atoms with van der Waals surface area (Å²) in [6.07, 6.45) is 5.71. The van der Waals surface area contributed by atoms with Gasteiger partial charge in [0, 0.05) is 37.6 Å². The van der Waals surface area contributed by atoms with E-state index in [1.807, 2.05) is 12.3 Å². The van der Waals surface area contributed by atoms with Crippen molar-refractivity contribution in [2.75, 3.05) is 19.6 Å². The second-order valence-electron chi connectivity index (χ2n) is 5.34. The standard InChI is InChI=1S/C14H20N4O/c15-7-12(10-3-1-5-16-8-10)18-6-2-4-11-13(18)9-17-14(11)19/h1,3,5,8,11-13H,2,4,6-7,9,15H2,(H,17,19). The van der Waals surface area contributed by atoms with Gasteiger partial charge in [-0.2, -0.15) is 0 Å². The number of carbonyl (C=O) groups excluding carboxylic acids is 1. The van der Waals surface area contributed by atoms with Crippen molar-refractivity contribution in [3.8, 4) is 0 Å². The summed E-state index contributed by atoms with van der Waals surface area (Å²) in [5.74, 6) is 0.344. The van der Waals surface area contributed by atoms with E-state index in [4.69, 9.17) is 5.73 Å². The number of pyridine rings is 1. The Morgan fingerprint density at radius 1 is 1.58 bits per heavy atom. The molecule has 0 aromatic carbocycles. The summed E-state index contributed by atoms with van der Waals surface area (Å²) in [5, 5.41) is 2.98. The maximum Gasteiger partial charge on any atom is 0.224 e. The second-order valence-corrected chi connectivity index (χ2v) is 5.34. The van der Waals surface area contributed by atoms with Gasteiger partial charge in [-0.15, -0.1) is 0 Å². The molecular formula is C14H20N4O. The normalized spacial score (nSPS) is 28.8. The third-order valence-corrected chi connectivity index (χ3v) is 4.34. The highest BCUT2D eigenvalue weighted by Gasteiger charge is 2.42. The van der Waals surface area contributed by atoms with E-state index in [1.54, 1.807) is 6.20 Å². The van der Waals surface area contributed by atoms with Crippen LogP contribution in [0.25, 0.3) is 0 Å². The Hall–Kier alpha value is -1.46. The predicted octanol–water partition coefficient (Wildman–Crippen LogP) is 0.292. The van der Waals surface area contributed by atoms with Crippen LogP contribution in [-0.4, -0.2) is 41.5 Å². The van der Waals surface area contributed by atoms with E-state index in [0.717, 1.165) is 31.5 Å². The van der Waals surface area contributed by atoms with Crippen LogP contribution < -0.4 is 11.1 Å². The van der Waals surface area contributed by atoms with Gasteiger partial charge in [0.1, 0.15) is 0 Å². The van der Waals surface area contributed by atoms with Gasteiger partial charge in [0.05, 0.1) is 5.92 Å². The Kier molecular flexibility index (Phi) is 3.48. The molecule has 2 saturated heterocycles. The van der Waals surface area contributed by atoms with Crippen LogP contribution >= 0.6 is 0 Å². The average Bonchev–Trinajstić information content (AvgIpc) is 2.84. The summed E-state index contributed by atoms with van der Waals surface area (Å²) in [4.78, 5) is 18.4. The number of nitrogens with two attached hydrogens (primary N) is 1. The van der Waals surface area contributed by atoms with Crippen LogP contribution in [0.4, 0.5) is 0 Å². The fourth-order valence-corrected chi connectivity index (χ4v) is 3.41. The molecule has 0 spiro atoms. The van der Waals surface area contributed by atoms with Crippen molar-refractivity contribution >= 4 is 5.91 Å². The second kappa shape index (κ2) is 5.27. The van der Waals surface area contributed by atoms with E-state index in [2.05, 4.69) is 21.3 Å². The lowest BCUT2D eigenvalue weighted by molar-refractivity contribution is -0.124. The smallest absolute Gasteiger partial charge is 0.224 e. The first-order valence-corrected chi connectivity index (χ1v) is 6.94. The number of carbonyl (C=O) groups is 1. The van der Waals surface area contributed by atoms with E-state index in [1.165, 1.54) is 0 Å². The summed E-state index contributed by atoms with van der Waals surface area (Å²) in [6.45, 7) is 2.32. The van der Waals surface area contributed by atoms with E-state index >= 15 is 0 Å². The number of hydrogen-bond acceptors (Lipinski definition) is 4. The first-order valence-electron chi connectivity index (χ1n) is 6.94. The Morgan fingerprint density at radius 2 is 2.47 bits per heavy atom. The van der Waals surface area contributed by atoms with Gasteiger partial charge < -0.3 is 11.1 Å². The van der Waals surface area contributed by atoms with Gasteiger partial charge in [-0.25, -0.2) is 0 Å². The maximum absolute atomic E-state index is 11.8. The van der Waals surface area contributed by atoms with Gasteiger partial charge in [0.2, 0.25) is 5.91 Å². The van der Waals surface area contributed by atoms with E-state index in [-0.39, 0.29) is 23.9 Å². The maximum atomic E-state index is 11.8. The minimum absolute atomic E-state index is 0.138. The molecule has 1 aromatic rings. The zero-order valence-electron chi connectivity index (χ0n) is 11.0. The summed E-state index contributed by atoms with van der Waals surface area (Å²) >= 11 is 0. The number of nitrogens with one attached hydrogen (secondary N) is 1. The number of hydrogen-bond donors (Lipinski definition) is 2. The molecule has 19 heavy (non-hydrogen) atoms. The van der Waals surface area contributed by atoms with E-state index < -0.39 is 0 Å². The summed E-state index contributed by atoms with van der Waals surface area (Å²) in [7, 11) is 0. The minimum Gasteiger partial charge on any atom is -0.354 e. The van der Waals surface area contributed by atoms with Crippen LogP contribution in [-0.2, 0) is 4.79 Å². The fourth-order valence-electron chi connectivity index (χ4n) is 3.41. The highest BCUT2D eigenvalue weighted by molar-refractivity contribution is 5.82. The minimum atomic E-state index is 0.138. The molecule has 3 atom stereocenters. The Morgan fingerprint density at radius 3 is 3.21 bits per heavy atom. The number of amides is 1. The van der Waals surface area contributed by atoms with Crippen molar-refractivity contribution in [1.82, 2.24) is 15.2 Å². The molecule has 1 aromatic heterocycles.